The molecular weight excluding hydrogens is 572 g/mol. The summed E-state index contributed by atoms with van der Waals surface area (Å²) in [6, 6.07) is 9.39. The van der Waals surface area contributed by atoms with E-state index < -0.39 is 0 Å². The number of thiophene rings is 1. The third kappa shape index (κ3) is 7.14. The topological polar surface area (TPSA) is 144 Å². The van der Waals surface area contributed by atoms with Gasteiger partial charge in [0.05, 0.1) is 30.1 Å². The number of hydrogen-bond donors (Lipinski definition) is 3. The highest BCUT2D eigenvalue weighted by molar-refractivity contribution is 7.17. The van der Waals surface area contributed by atoms with Crippen molar-refractivity contribution in [3.05, 3.63) is 62.2 Å². The van der Waals surface area contributed by atoms with E-state index in [1.807, 2.05) is 41.5 Å². The number of aliphatic hydroxyl groups is 1. The van der Waals surface area contributed by atoms with Gasteiger partial charge in [0.2, 0.25) is 11.9 Å². The minimum Gasteiger partial charge on any atom is -0.395 e. The summed E-state index contributed by atoms with van der Waals surface area (Å²) in [5.74, 6) is 0.568. The molecule has 4 heterocycles. The van der Waals surface area contributed by atoms with Crippen molar-refractivity contribution in [3.63, 3.8) is 0 Å². The molecule has 1 aliphatic rings. The maximum Gasteiger partial charge on any atom is 0.275 e. The van der Waals surface area contributed by atoms with Crippen LogP contribution in [0.3, 0.4) is 0 Å². The molecule has 208 valence electrons. The van der Waals surface area contributed by atoms with Gasteiger partial charge in [-0.1, -0.05) is 41.1 Å². The number of nitrogens with zero attached hydrogens (tertiary/aromatic N) is 8. The Balaban J connectivity index is 1.33. The number of carbonyl (C=O) groups excluding carboxylic acids is 1. The molecule has 0 bridgehead atoms. The molecule has 1 saturated heterocycles. The second-order valence-corrected chi connectivity index (χ2v) is 11.3. The number of aliphatic hydroxyl groups excluding tert-OH is 1. The lowest BCUT2D eigenvalue weighted by Gasteiger charge is -2.34. The number of para-hydroxylation sites is 1. The smallest absolute Gasteiger partial charge is 0.275 e. The number of aromatic nitrogens is 4. The standard InChI is InChI=1S/C25H27ClN10O2S2/c1-16-4-2-6-18(26)20(16)29-21(38)19-15-27-25(40-19)33-22-30-23(34-28-14-17-5-3-13-39-17)32-24(31-22)36-9-7-35(8-10-36)11-12-37/h2-6,13,15,37H,7-12,14H2,1H3,(H,29,38)(H,27,30,31,32,33). The lowest BCUT2D eigenvalue weighted by atomic mass is 10.2. The number of piperazine rings is 1. The van der Waals surface area contributed by atoms with E-state index in [1.165, 1.54) is 6.20 Å². The number of amides is 1. The molecule has 1 aromatic carbocycles. The van der Waals surface area contributed by atoms with Crippen LogP contribution in [-0.4, -0.2) is 75.2 Å². The summed E-state index contributed by atoms with van der Waals surface area (Å²) in [4.78, 5) is 36.5. The summed E-state index contributed by atoms with van der Waals surface area (Å²) in [6.45, 7) is 6.01. The second-order valence-electron chi connectivity index (χ2n) is 8.83. The molecule has 3 N–H and O–H groups in total. The fourth-order valence-electron chi connectivity index (χ4n) is 3.98. The number of azo groups is 1. The number of rotatable bonds is 10. The molecule has 0 aliphatic carbocycles. The minimum absolute atomic E-state index is 0.125. The van der Waals surface area contributed by atoms with E-state index in [1.54, 1.807) is 17.4 Å². The Kier molecular flexibility index (Phi) is 9.23. The van der Waals surface area contributed by atoms with E-state index in [2.05, 4.69) is 45.7 Å². The number of carbonyl (C=O) groups is 1. The lowest BCUT2D eigenvalue weighted by molar-refractivity contribution is 0.103. The van der Waals surface area contributed by atoms with Gasteiger partial charge in [0, 0.05) is 37.6 Å². The Labute approximate surface area is 243 Å². The van der Waals surface area contributed by atoms with Crippen molar-refractivity contribution in [1.29, 1.82) is 0 Å². The molecule has 12 nitrogen and oxygen atoms in total. The van der Waals surface area contributed by atoms with Crippen LogP contribution in [0.1, 0.15) is 20.1 Å². The van der Waals surface area contributed by atoms with Gasteiger partial charge in [0.1, 0.15) is 4.88 Å². The number of benzene rings is 1. The highest BCUT2D eigenvalue weighted by Crippen LogP contribution is 2.28. The Morgan fingerprint density at radius 2 is 2.00 bits per heavy atom. The van der Waals surface area contributed by atoms with Crippen LogP contribution in [0.2, 0.25) is 5.02 Å². The highest BCUT2D eigenvalue weighted by atomic mass is 35.5. The number of hydrogen-bond acceptors (Lipinski definition) is 13. The van der Waals surface area contributed by atoms with Gasteiger partial charge in [-0.05, 0) is 30.0 Å². The van der Waals surface area contributed by atoms with Crippen LogP contribution in [0, 0.1) is 6.92 Å². The molecule has 0 saturated carbocycles. The fourth-order valence-corrected chi connectivity index (χ4v) is 5.57. The maximum absolute atomic E-state index is 12.9. The predicted octanol–water partition coefficient (Wildman–Crippen LogP) is 4.75. The third-order valence-electron chi connectivity index (χ3n) is 6.06. The van der Waals surface area contributed by atoms with Crippen molar-refractivity contribution in [2.75, 3.05) is 54.9 Å². The van der Waals surface area contributed by atoms with Crippen LogP contribution >= 0.6 is 34.3 Å². The number of aryl methyl sites for hydroxylation is 1. The summed E-state index contributed by atoms with van der Waals surface area (Å²) >= 11 is 9.02. The summed E-state index contributed by atoms with van der Waals surface area (Å²) in [6.07, 6.45) is 1.48. The van der Waals surface area contributed by atoms with Crippen LogP contribution in [0.15, 0.2) is 52.1 Å². The zero-order chi connectivity index (χ0) is 27.9. The molecular formula is C25H27ClN10O2S2. The number of nitrogens with one attached hydrogen (secondary N) is 2. The first-order chi connectivity index (χ1) is 19.5. The summed E-state index contributed by atoms with van der Waals surface area (Å²) in [5, 5.41) is 26.6. The minimum atomic E-state index is -0.318. The van der Waals surface area contributed by atoms with Crippen molar-refractivity contribution >= 4 is 68.8 Å². The van der Waals surface area contributed by atoms with Gasteiger partial charge in [-0.3, -0.25) is 15.0 Å². The first-order valence-corrected chi connectivity index (χ1v) is 14.6. The monoisotopic (exact) mass is 598 g/mol. The molecule has 0 radical (unpaired) electrons. The first kappa shape index (κ1) is 28.0. The molecule has 40 heavy (non-hydrogen) atoms. The average molecular weight is 599 g/mol. The lowest BCUT2D eigenvalue weighted by Crippen LogP contribution is -2.47. The fraction of sp³-hybridized carbons (Fsp3) is 0.320. The molecule has 1 amide bonds. The molecule has 1 fully saturated rings. The zero-order valence-corrected chi connectivity index (χ0v) is 24.0. The van der Waals surface area contributed by atoms with Gasteiger partial charge in [0.15, 0.2) is 5.13 Å². The van der Waals surface area contributed by atoms with Gasteiger partial charge < -0.3 is 15.3 Å². The van der Waals surface area contributed by atoms with Gasteiger partial charge in [-0.25, -0.2) is 4.98 Å². The van der Waals surface area contributed by atoms with Crippen molar-refractivity contribution in [2.45, 2.75) is 13.5 Å². The molecule has 0 atom stereocenters. The number of thiazole rings is 1. The summed E-state index contributed by atoms with van der Waals surface area (Å²) in [5.41, 5.74) is 1.43. The largest absolute Gasteiger partial charge is 0.395 e. The second kappa shape index (κ2) is 13.2. The van der Waals surface area contributed by atoms with E-state index in [9.17, 15) is 9.90 Å². The van der Waals surface area contributed by atoms with Crippen LogP contribution < -0.4 is 15.5 Å². The van der Waals surface area contributed by atoms with E-state index in [0.717, 1.165) is 34.9 Å². The molecule has 1 aliphatic heterocycles. The molecule has 5 rings (SSSR count). The molecule has 0 unspecified atom stereocenters. The van der Waals surface area contributed by atoms with E-state index >= 15 is 0 Å². The van der Waals surface area contributed by atoms with E-state index in [4.69, 9.17) is 11.6 Å². The van der Waals surface area contributed by atoms with Crippen molar-refractivity contribution in [1.82, 2.24) is 24.8 Å². The van der Waals surface area contributed by atoms with Crippen molar-refractivity contribution in [3.8, 4) is 0 Å². The molecule has 3 aromatic heterocycles. The first-order valence-electron chi connectivity index (χ1n) is 12.5. The Hall–Kier alpha value is -3.56. The summed E-state index contributed by atoms with van der Waals surface area (Å²) < 4.78 is 0. The third-order valence-corrected chi connectivity index (χ3v) is 8.15. The maximum atomic E-state index is 12.9. The number of β-amino-alcohol motifs (C(OH)–C–C–N with tert-alkyl or cyclic N) is 1. The van der Waals surface area contributed by atoms with Crippen LogP contribution in [0.25, 0.3) is 0 Å². The Bertz CT molecular complexity index is 1450. The van der Waals surface area contributed by atoms with E-state index in [-0.39, 0.29) is 24.4 Å². The zero-order valence-electron chi connectivity index (χ0n) is 21.6. The molecule has 15 heteroatoms. The van der Waals surface area contributed by atoms with Crippen molar-refractivity contribution in [2.24, 2.45) is 10.2 Å². The Morgan fingerprint density at radius 1 is 1.15 bits per heavy atom. The number of halogens is 1. The highest BCUT2D eigenvalue weighted by Gasteiger charge is 2.21. The van der Waals surface area contributed by atoms with Gasteiger partial charge in [-0.2, -0.15) is 20.1 Å². The average Bonchev–Trinajstić information content (AvgIpc) is 3.64. The van der Waals surface area contributed by atoms with Crippen molar-refractivity contribution < 1.29 is 9.90 Å². The SMILES string of the molecule is Cc1cccc(Cl)c1NC(=O)c1cnc(Nc2nc(N=NCc3cccs3)nc(N3CCN(CCO)CC3)n2)s1. The quantitative estimate of drug-likeness (QED) is 0.220. The summed E-state index contributed by atoms with van der Waals surface area (Å²) in [7, 11) is 0. The van der Waals surface area contributed by atoms with E-state index in [0.29, 0.717) is 52.8 Å². The van der Waals surface area contributed by atoms with Crippen LogP contribution in [-0.2, 0) is 6.54 Å². The Morgan fingerprint density at radius 3 is 2.75 bits per heavy atom. The number of anilines is 4. The van der Waals surface area contributed by atoms with Gasteiger partial charge in [0.25, 0.3) is 11.9 Å². The van der Waals surface area contributed by atoms with Gasteiger partial charge >= 0.3 is 0 Å². The van der Waals surface area contributed by atoms with Gasteiger partial charge in [-0.15, -0.1) is 16.5 Å². The van der Waals surface area contributed by atoms with Crippen LogP contribution in [0.5, 0.6) is 0 Å². The molecule has 4 aromatic rings. The normalized spacial score (nSPS) is 14.1. The predicted molar refractivity (Wildman–Crippen MR) is 158 cm³/mol. The van der Waals surface area contributed by atoms with Crippen LogP contribution in [0.4, 0.5) is 28.7 Å². The molecule has 0 spiro atoms.